The molecule has 0 radical (unpaired) electrons. The SMILES string of the molecule is [2H]C([2H])(c1cc[n+](C)c(-c2c(C)ccc3c2oc2c(-c4ccc(C5CCCCC5)cc4)c(F)ccc23)c1)C(C)(C)C. The maximum Gasteiger partial charge on any atom is 0.216 e. The molecule has 0 bridgehead atoms. The summed E-state index contributed by atoms with van der Waals surface area (Å²) in [5.74, 6) is 0.294. The molecule has 2 nitrogen and oxygen atoms in total. The number of aryl methyl sites for hydroxylation is 2. The maximum atomic E-state index is 15.5. The monoisotopic (exact) mass is 522 g/mol. The second-order valence-electron chi connectivity index (χ2n) is 12.3. The van der Waals surface area contributed by atoms with Gasteiger partial charge in [-0.1, -0.05) is 76.4 Å². The molecular formula is C36H39FNO+. The zero-order chi connectivity index (χ0) is 29.1. The zero-order valence-corrected chi connectivity index (χ0v) is 23.7. The summed E-state index contributed by atoms with van der Waals surface area (Å²) in [4.78, 5) is 0. The first-order valence-corrected chi connectivity index (χ1v) is 14.2. The van der Waals surface area contributed by atoms with Crippen LogP contribution in [0.4, 0.5) is 4.39 Å². The van der Waals surface area contributed by atoms with Crippen molar-refractivity contribution in [2.45, 2.75) is 72.1 Å². The Morgan fingerprint density at radius 3 is 2.26 bits per heavy atom. The number of pyridine rings is 1. The summed E-state index contributed by atoms with van der Waals surface area (Å²) in [5.41, 5.74) is 6.68. The number of rotatable bonds is 4. The van der Waals surface area contributed by atoms with Crippen molar-refractivity contribution in [3.63, 3.8) is 0 Å². The molecule has 3 heteroatoms. The van der Waals surface area contributed by atoms with Crippen LogP contribution in [0.3, 0.4) is 0 Å². The highest BCUT2D eigenvalue weighted by atomic mass is 19.1. The lowest BCUT2D eigenvalue weighted by Gasteiger charge is -2.22. The number of benzene rings is 3. The lowest BCUT2D eigenvalue weighted by Crippen LogP contribution is -2.31. The van der Waals surface area contributed by atoms with Crippen molar-refractivity contribution < 1.29 is 16.1 Å². The van der Waals surface area contributed by atoms with Crippen LogP contribution in [-0.2, 0) is 13.4 Å². The molecule has 0 atom stereocenters. The summed E-state index contributed by atoms with van der Waals surface area (Å²) in [6.07, 6.45) is 6.71. The molecule has 1 saturated carbocycles. The van der Waals surface area contributed by atoms with Crippen LogP contribution in [0.25, 0.3) is 44.3 Å². The first-order chi connectivity index (χ1) is 19.5. The third-order valence-corrected chi connectivity index (χ3v) is 8.17. The van der Waals surface area contributed by atoms with Gasteiger partial charge in [0.1, 0.15) is 24.0 Å². The fourth-order valence-corrected chi connectivity index (χ4v) is 6.25. The minimum Gasteiger partial charge on any atom is -0.454 e. The maximum absolute atomic E-state index is 15.5. The third kappa shape index (κ3) is 4.88. The van der Waals surface area contributed by atoms with Gasteiger partial charge < -0.3 is 4.42 Å². The number of nitrogens with zero attached hydrogens (tertiary/aromatic N) is 1. The Bertz CT molecular complexity index is 1760. The van der Waals surface area contributed by atoms with E-state index in [1.165, 1.54) is 37.7 Å². The summed E-state index contributed by atoms with van der Waals surface area (Å²) in [6, 6.07) is 19.7. The van der Waals surface area contributed by atoms with Crippen molar-refractivity contribution in [3.05, 3.63) is 89.4 Å². The fraction of sp³-hybridized carbons (Fsp3) is 0.361. The van der Waals surface area contributed by atoms with Crippen molar-refractivity contribution in [2.75, 3.05) is 0 Å². The molecule has 0 N–H and O–H groups in total. The van der Waals surface area contributed by atoms with Gasteiger partial charge in [-0.15, -0.1) is 0 Å². The van der Waals surface area contributed by atoms with E-state index in [9.17, 15) is 0 Å². The molecule has 1 aliphatic carbocycles. The normalized spacial score (nSPS) is 16.1. The lowest BCUT2D eigenvalue weighted by molar-refractivity contribution is -0.660. The van der Waals surface area contributed by atoms with E-state index in [2.05, 4.69) is 18.2 Å². The topological polar surface area (TPSA) is 17.0 Å². The molecule has 200 valence electrons. The average Bonchev–Trinajstić information content (AvgIpc) is 3.32. The van der Waals surface area contributed by atoms with Crippen molar-refractivity contribution in [2.24, 2.45) is 12.5 Å². The van der Waals surface area contributed by atoms with Crippen LogP contribution in [0.5, 0.6) is 0 Å². The Kier molecular flexibility index (Phi) is 5.97. The predicted molar refractivity (Wildman–Crippen MR) is 159 cm³/mol. The van der Waals surface area contributed by atoms with E-state index in [1.807, 2.05) is 81.9 Å². The number of halogens is 1. The number of hydrogen-bond acceptors (Lipinski definition) is 1. The molecule has 0 spiro atoms. The smallest absolute Gasteiger partial charge is 0.216 e. The minimum atomic E-state index is -1.54. The molecular weight excluding hydrogens is 481 g/mol. The number of fused-ring (bicyclic) bond motifs is 3. The standard InChI is InChI=1S/C36H39FNO/c1-23-11-16-28-29-17-18-30(37)33(27-14-12-26(13-15-27)25-9-7-6-8-10-25)35(29)39-34(28)32(23)31-21-24(19-20-38(31)5)22-36(2,3)4/h11-21,25H,6-10,22H2,1-5H3/q+1/i22D2. The highest BCUT2D eigenvalue weighted by Crippen LogP contribution is 2.42. The molecule has 39 heavy (non-hydrogen) atoms. The molecule has 1 fully saturated rings. The van der Waals surface area contributed by atoms with Gasteiger partial charge in [0.2, 0.25) is 5.69 Å². The van der Waals surface area contributed by atoms with Crippen molar-refractivity contribution in [1.29, 1.82) is 0 Å². The van der Waals surface area contributed by atoms with Crippen LogP contribution in [0.2, 0.25) is 0 Å². The van der Waals surface area contributed by atoms with Gasteiger partial charge in [0.05, 0.1) is 11.1 Å². The second-order valence-corrected chi connectivity index (χ2v) is 12.3. The summed E-state index contributed by atoms with van der Waals surface area (Å²) in [6.45, 7) is 7.80. The van der Waals surface area contributed by atoms with Gasteiger partial charge in [0.15, 0.2) is 6.20 Å². The van der Waals surface area contributed by atoms with Crippen LogP contribution in [0.1, 0.15) is 78.2 Å². The van der Waals surface area contributed by atoms with Gasteiger partial charge in [-0.05, 0) is 71.9 Å². The Labute approximate surface area is 234 Å². The molecule has 5 aromatic rings. The quantitative estimate of drug-likeness (QED) is 0.215. The lowest BCUT2D eigenvalue weighted by atomic mass is 9.83. The van der Waals surface area contributed by atoms with E-state index in [4.69, 9.17) is 7.16 Å². The number of hydrogen-bond donors (Lipinski definition) is 0. The van der Waals surface area contributed by atoms with Crippen molar-refractivity contribution in [1.82, 2.24) is 0 Å². The Balaban J connectivity index is 1.53. The average molecular weight is 523 g/mol. The van der Waals surface area contributed by atoms with Gasteiger partial charge in [-0.25, -0.2) is 8.96 Å². The number of aromatic nitrogens is 1. The van der Waals surface area contributed by atoms with Crippen LogP contribution in [-0.4, -0.2) is 0 Å². The molecule has 0 amide bonds. The summed E-state index contributed by atoms with van der Waals surface area (Å²) >= 11 is 0. The fourth-order valence-electron chi connectivity index (χ4n) is 6.25. The Morgan fingerprint density at radius 1 is 0.897 bits per heavy atom. The van der Waals surface area contributed by atoms with Crippen molar-refractivity contribution in [3.8, 4) is 22.4 Å². The third-order valence-electron chi connectivity index (χ3n) is 8.17. The van der Waals surface area contributed by atoms with Gasteiger partial charge in [0, 0.05) is 25.6 Å². The minimum absolute atomic E-state index is 0.300. The molecule has 2 heterocycles. The largest absolute Gasteiger partial charge is 0.454 e. The molecule has 3 aromatic carbocycles. The summed E-state index contributed by atoms with van der Waals surface area (Å²) in [5, 5.41) is 1.79. The van der Waals surface area contributed by atoms with E-state index in [-0.39, 0.29) is 5.82 Å². The summed E-state index contributed by atoms with van der Waals surface area (Å²) < 4.78 is 41.9. The molecule has 6 rings (SSSR count). The molecule has 0 saturated heterocycles. The van der Waals surface area contributed by atoms with E-state index >= 15 is 4.39 Å². The Hall–Kier alpha value is -3.46. The molecule has 1 aliphatic rings. The molecule has 2 aromatic heterocycles. The van der Waals surface area contributed by atoms with Crippen LogP contribution < -0.4 is 4.57 Å². The van der Waals surface area contributed by atoms with Gasteiger partial charge in [-0.2, -0.15) is 0 Å². The van der Waals surface area contributed by atoms with Crippen LogP contribution >= 0.6 is 0 Å². The van der Waals surface area contributed by atoms with Gasteiger partial charge in [-0.3, -0.25) is 0 Å². The summed E-state index contributed by atoms with van der Waals surface area (Å²) in [7, 11) is 1.96. The first-order valence-electron chi connectivity index (χ1n) is 15.2. The number of furan rings is 1. The van der Waals surface area contributed by atoms with E-state index in [0.717, 1.165) is 33.2 Å². The first kappa shape index (κ1) is 23.4. The van der Waals surface area contributed by atoms with Gasteiger partial charge >= 0.3 is 0 Å². The van der Waals surface area contributed by atoms with Crippen LogP contribution in [0, 0.1) is 18.2 Å². The van der Waals surface area contributed by atoms with E-state index in [0.29, 0.717) is 28.2 Å². The van der Waals surface area contributed by atoms with E-state index in [1.54, 1.807) is 6.07 Å². The second kappa shape index (κ2) is 9.93. The highest BCUT2D eigenvalue weighted by Gasteiger charge is 2.24. The highest BCUT2D eigenvalue weighted by molar-refractivity contribution is 6.13. The zero-order valence-electron chi connectivity index (χ0n) is 25.7. The van der Waals surface area contributed by atoms with Crippen molar-refractivity contribution >= 4 is 21.9 Å². The van der Waals surface area contributed by atoms with Crippen LogP contribution in [0.15, 0.2) is 71.3 Å². The van der Waals surface area contributed by atoms with E-state index < -0.39 is 11.8 Å². The Morgan fingerprint density at radius 2 is 1.56 bits per heavy atom. The van der Waals surface area contributed by atoms with Gasteiger partial charge in [0.25, 0.3) is 0 Å². The predicted octanol–water partition coefficient (Wildman–Crippen LogP) is 9.83. The molecule has 0 unspecified atom stereocenters. The molecule has 0 aliphatic heterocycles.